The van der Waals surface area contributed by atoms with Gasteiger partial charge in [-0.05, 0) is 12.8 Å². The van der Waals surface area contributed by atoms with Crippen molar-refractivity contribution in [3.05, 3.63) is 0 Å². The second-order valence-corrected chi connectivity index (χ2v) is 8.05. The molecule has 0 saturated carbocycles. The molecule has 1 rings (SSSR count). The van der Waals surface area contributed by atoms with Gasteiger partial charge in [0, 0.05) is 39.1 Å². The number of nitrogens with one attached hydrogen (secondary N) is 2. The summed E-state index contributed by atoms with van der Waals surface area (Å²) in [5, 5.41) is 5.51. The number of amides is 2. The highest BCUT2D eigenvalue weighted by atomic mass is 16.6. The van der Waals surface area contributed by atoms with E-state index in [9.17, 15) is 9.59 Å². The van der Waals surface area contributed by atoms with Crippen LogP contribution >= 0.6 is 0 Å². The number of ether oxygens (including phenoxy) is 4. The van der Waals surface area contributed by atoms with Gasteiger partial charge in [0.25, 0.3) is 0 Å². The second-order valence-electron chi connectivity index (χ2n) is 8.05. The minimum Gasteiger partial charge on any atom is -0.379 e. The van der Waals surface area contributed by atoms with Crippen LogP contribution < -0.4 is 10.6 Å². The predicted octanol–water partition coefficient (Wildman–Crippen LogP) is 1.21. The Hall–Kier alpha value is -1.26. The first kappa shape index (κ1) is 28.8. The minimum atomic E-state index is -0.0306. The van der Waals surface area contributed by atoms with E-state index in [0.29, 0.717) is 71.9 Å². The molecule has 0 aliphatic carbocycles. The summed E-state index contributed by atoms with van der Waals surface area (Å²) in [4.78, 5) is 25.7. The fourth-order valence-corrected chi connectivity index (χ4v) is 3.59. The lowest BCUT2D eigenvalue weighted by atomic mass is 9.93. The van der Waals surface area contributed by atoms with E-state index in [1.165, 1.54) is 25.7 Å². The molecule has 1 heterocycles. The molecule has 0 aromatic carbocycles. The van der Waals surface area contributed by atoms with Crippen molar-refractivity contribution >= 4 is 11.8 Å². The van der Waals surface area contributed by atoms with Crippen LogP contribution in [-0.2, 0) is 28.5 Å². The first-order chi connectivity index (χ1) is 15.6. The van der Waals surface area contributed by atoms with E-state index < -0.39 is 0 Å². The number of rotatable bonds is 21. The minimum absolute atomic E-state index is 0.0306. The third kappa shape index (κ3) is 13.3. The third-order valence-electron chi connectivity index (χ3n) is 5.45. The molecule has 2 amide bonds. The molecule has 1 saturated heterocycles. The summed E-state index contributed by atoms with van der Waals surface area (Å²) in [6.07, 6.45) is 5.20. The molecular weight excluding hydrogens is 414 g/mol. The Morgan fingerprint density at radius 3 is 1.84 bits per heavy atom. The molecule has 0 radical (unpaired) electrons. The largest absolute Gasteiger partial charge is 0.379 e. The average molecular weight is 460 g/mol. The number of carbonyl (C=O) groups excluding carboxylic acids is 2. The molecule has 9 heteroatoms. The van der Waals surface area contributed by atoms with Crippen molar-refractivity contribution < 1.29 is 28.5 Å². The van der Waals surface area contributed by atoms with Crippen LogP contribution in [0.25, 0.3) is 0 Å². The van der Waals surface area contributed by atoms with Gasteiger partial charge in [0.2, 0.25) is 11.8 Å². The molecule has 1 aliphatic rings. The van der Waals surface area contributed by atoms with E-state index in [4.69, 9.17) is 18.9 Å². The molecule has 0 bridgehead atoms. The topological polar surface area (TPSA) is 98.4 Å². The molecule has 0 spiro atoms. The Kier molecular flexibility index (Phi) is 17.3. The number of hydrogen-bond acceptors (Lipinski definition) is 7. The fraction of sp³-hybridized carbons (Fsp3) is 0.913. The van der Waals surface area contributed by atoms with E-state index >= 15 is 0 Å². The van der Waals surface area contributed by atoms with Crippen molar-refractivity contribution in [2.24, 2.45) is 5.92 Å². The predicted molar refractivity (Wildman–Crippen MR) is 124 cm³/mol. The Morgan fingerprint density at radius 1 is 0.844 bits per heavy atom. The van der Waals surface area contributed by atoms with Gasteiger partial charge in [0.15, 0.2) is 0 Å². The zero-order valence-electron chi connectivity index (χ0n) is 20.4. The first-order valence-corrected chi connectivity index (χ1v) is 12.2. The van der Waals surface area contributed by atoms with Crippen LogP contribution in [0.2, 0.25) is 0 Å². The lowest BCUT2D eigenvalue weighted by Crippen LogP contribution is -2.57. The van der Waals surface area contributed by atoms with Crippen molar-refractivity contribution in [1.82, 2.24) is 15.5 Å². The highest BCUT2D eigenvalue weighted by Crippen LogP contribution is 2.23. The van der Waals surface area contributed by atoms with Gasteiger partial charge in [0.1, 0.15) is 0 Å². The quantitative estimate of drug-likeness (QED) is 0.249. The smallest absolute Gasteiger partial charge is 0.225 e. The summed E-state index contributed by atoms with van der Waals surface area (Å²) in [5.74, 6) is 0.232. The average Bonchev–Trinajstić information content (AvgIpc) is 2.75. The maximum atomic E-state index is 12.2. The number of nitrogens with zero attached hydrogens (tertiary/aromatic N) is 1. The summed E-state index contributed by atoms with van der Waals surface area (Å²) in [6, 6.07) is 0.636. The van der Waals surface area contributed by atoms with E-state index in [2.05, 4.69) is 29.4 Å². The molecular formula is C23H45N3O6. The Bertz CT molecular complexity index is 482. The second kappa shape index (κ2) is 19.2. The first-order valence-electron chi connectivity index (χ1n) is 12.2. The van der Waals surface area contributed by atoms with E-state index in [1.54, 1.807) is 7.05 Å². The van der Waals surface area contributed by atoms with Gasteiger partial charge in [-0.25, -0.2) is 0 Å². The number of likely N-dealkylation sites (tertiary alicyclic amines) is 1. The Balaban J connectivity index is 1.83. The van der Waals surface area contributed by atoms with Crippen LogP contribution in [-0.4, -0.2) is 102 Å². The fourth-order valence-electron chi connectivity index (χ4n) is 3.59. The molecule has 0 aromatic rings. The van der Waals surface area contributed by atoms with Gasteiger partial charge < -0.3 is 29.6 Å². The maximum absolute atomic E-state index is 12.2. The summed E-state index contributed by atoms with van der Waals surface area (Å²) < 4.78 is 21.6. The van der Waals surface area contributed by atoms with Crippen molar-refractivity contribution in [3.8, 4) is 0 Å². The van der Waals surface area contributed by atoms with Crippen molar-refractivity contribution in [3.63, 3.8) is 0 Å². The zero-order valence-corrected chi connectivity index (χ0v) is 20.4. The Morgan fingerprint density at radius 2 is 1.34 bits per heavy atom. The van der Waals surface area contributed by atoms with Gasteiger partial charge in [-0.15, -0.1) is 0 Å². The SMILES string of the molecule is CCCC(CCC)N1CC(C(=O)NCCOCCOCCOCCOCCC(=O)NC)C1. The van der Waals surface area contributed by atoms with Gasteiger partial charge in [-0.1, -0.05) is 26.7 Å². The summed E-state index contributed by atoms with van der Waals surface area (Å²) in [6.45, 7) is 10.5. The maximum Gasteiger partial charge on any atom is 0.225 e. The molecule has 1 aliphatic heterocycles. The molecule has 0 unspecified atom stereocenters. The van der Waals surface area contributed by atoms with E-state index in [1.807, 2.05) is 0 Å². The molecule has 0 aromatic heterocycles. The molecule has 32 heavy (non-hydrogen) atoms. The summed E-state index contributed by atoms with van der Waals surface area (Å²) >= 11 is 0. The number of carbonyl (C=O) groups is 2. The summed E-state index contributed by atoms with van der Waals surface area (Å²) in [5.41, 5.74) is 0. The third-order valence-corrected chi connectivity index (χ3v) is 5.45. The van der Waals surface area contributed by atoms with Crippen LogP contribution in [0.5, 0.6) is 0 Å². The molecule has 9 nitrogen and oxygen atoms in total. The van der Waals surface area contributed by atoms with Crippen molar-refractivity contribution in [1.29, 1.82) is 0 Å². The summed E-state index contributed by atoms with van der Waals surface area (Å²) in [7, 11) is 1.61. The molecule has 188 valence electrons. The lowest BCUT2D eigenvalue weighted by molar-refractivity contribution is -0.131. The lowest BCUT2D eigenvalue weighted by Gasteiger charge is -2.43. The van der Waals surface area contributed by atoms with Gasteiger partial charge in [-0.2, -0.15) is 0 Å². The van der Waals surface area contributed by atoms with Crippen LogP contribution in [0.15, 0.2) is 0 Å². The highest BCUT2D eigenvalue weighted by Gasteiger charge is 2.35. The zero-order chi connectivity index (χ0) is 23.4. The molecule has 1 fully saturated rings. The van der Waals surface area contributed by atoms with Crippen molar-refractivity contribution in [2.75, 3.05) is 79.5 Å². The molecule has 0 atom stereocenters. The van der Waals surface area contributed by atoms with Crippen LogP contribution in [0.1, 0.15) is 46.0 Å². The van der Waals surface area contributed by atoms with Crippen LogP contribution in [0.4, 0.5) is 0 Å². The van der Waals surface area contributed by atoms with Gasteiger partial charge in [0.05, 0.1) is 58.8 Å². The van der Waals surface area contributed by atoms with Crippen LogP contribution in [0.3, 0.4) is 0 Å². The standard InChI is InChI=1S/C23H45N3O6/c1-4-6-21(7-5-2)26-18-20(19-26)23(28)25-9-11-30-13-15-32-17-16-31-14-12-29-10-8-22(27)24-3/h20-21H,4-19H2,1-3H3,(H,24,27)(H,25,28). The van der Waals surface area contributed by atoms with E-state index in [0.717, 1.165) is 13.1 Å². The van der Waals surface area contributed by atoms with Gasteiger partial charge >= 0.3 is 0 Å². The van der Waals surface area contributed by atoms with Gasteiger partial charge in [-0.3, -0.25) is 14.5 Å². The monoisotopic (exact) mass is 459 g/mol. The van der Waals surface area contributed by atoms with E-state index in [-0.39, 0.29) is 17.7 Å². The molecule has 2 N–H and O–H groups in total. The number of hydrogen-bond donors (Lipinski definition) is 2. The van der Waals surface area contributed by atoms with Crippen molar-refractivity contribution in [2.45, 2.75) is 52.0 Å². The normalized spacial score (nSPS) is 14.5. The van der Waals surface area contributed by atoms with Crippen LogP contribution in [0, 0.1) is 5.92 Å². The Labute approximate surface area is 193 Å². The highest BCUT2D eigenvalue weighted by molar-refractivity contribution is 5.80.